The first kappa shape index (κ1) is 14.0. The lowest BCUT2D eigenvalue weighted by atomic mass is 10.1. The van der Waals surface area contributed by atoms with E-state index in [9.17, 15) is 14.5 Å². The van der Waals surface area contributed by atoms with Crippen LogP contribution in [0.3, 0.4) is 0 Å². The van der Waals surface area contributed by atoms with Gasteiger partial charge in [-0.05, 0) is 30.7 Å². The Morgan fingerprint density at radius 1 is 1.30 bits per heavy atom. The molecule has 2 aromatic carbocycles. The van der Waals surface area contributed by atoms with Crippen molar-refractivity contribution < 1.29 is 14.1 Å². The van der Waals surface area contributed by atoms with Gasteiger partial charge in [-0.25, -0.2) is 4.39 Å². The summed E-state index contributed by atoms with van der Waals surface area (Å²) in [5.41, 5.74) is 6.34. The quantitative estimate of drug-likeness (QED) is 0.686. The van der Waals surface area contributed by atoms with Gasteiger partial charge in [-0.3, -0.25) is 10.1 Å². The average molecular weight is 276 g/mol. The molecule has 0 spiro atoms. The molecule has 0 unspecified atom stereocenters. The van der Waals surface area contributed by atoms with Crippen LogP contribution in [0.1, 0.15) is 11.1 Å². The Labute approximate surface area is 114 Å². The van der Waals surface area contributed by atoms with Gasteiger partial charge in [0.2, 0.25) is 0 Å². The van der Waals surface area contributed by atoms with Crippen LogP contribution in [0.25, 0.3) is 0 Å². The van der Waals surface area contributed by atoms with Crippen LogP contribution in [0.15, 0.2) is 36.4 Å². The van der Waals surface area contributed by atoms with Crippen molar-refractivity contribution in [2.45, 2.75) is 13.5 Å². The van der Waals surface area contributed by atoms with E-state index >= 15 is 0 Å². The molecule has 0 fully saturated rings. The van der Waals surface area contributed by atoms with Crippen LogP contribution >= 0.6 is 0 Å². The zero-order valence-corrected chi connectivity index (χ0v) is 10.8. The molecule has 0 aliphatic rings. The highest BCUT2D eigenvalue weighted by molar-refractivity contribution is 5.46. The largest absolute Gasteiger partial charge is 0.457 e. The lowest BCUT2D eigenvalue weighted by Crippen LogP contribution is -2.03. The van der Waals surface area contributed by atoms with Gasteiger partial charge in [0.25, 0.3) is 5.69 Å². The minimum absolute atomic E-state index is 0.00797. The summed E-state index contributed by atoms with van der Waals surface area (Å²) < 4.78 is 19.2. The molecule has 0 radical (unpaired) electrons. The molecule has 104 valence electrons. The first-order chi connectivity index (χ1) is 9.52. The molecule has 0 aliphatic carbocycles. The number of benzene rings is 2. The Morgan fingerprint density at radius 2 is 2.05 bits per heavy atom. The van der Waals surface area contributed by atoms with Crippen molar-refractivity contribution in [2.75, 3.05) is 0 Å². The maximum absolute atomic E-state index is 13.6. The number of halogens is 1. The minimum atomic E-state index is -0.482. The predicted octanol–water partition coefficient (Wildman–Crippen LogP) is 3.29. The zero-order valence-electron chi connectivity index (χ0n) is 10.8. The third-order valence-electron chi connectivity index (χ3n) is 2.87. The molecular weight excluding hydrogens is 263 g/mol. The Balaban J connectivity index is 2.36. The summed E-state index contributed by atoms with van der Waals surface area (Å²) in [5.74, 6) is 0.296. The Kier molecular flexibility index (Phi) is 3.95. The number of hydrogen-bond acceptors (Lipinski definition) is 4. The fourth-order valence-corrected chi connectivity index (χ4v) is 1.81. The van der Waals surface area contributed by atoms with Crippen molar-refractivity contribution in [3.05, 3.63) is 63.5 Å². The van der Waals surface area contributed by atoms with Gasteiger partial charge in [0.05, 0.1) is 4.92 Å². The monoisotopic (exact) mass is 276 g/mol. The lowest BCUT2D eigenvalue weighted by Gasteiger charge is -2.12. The number of nitro benzene ring substituents is 1. The number of non-ortho nitro benzene ring substituents is 1. The van der Waals surface area contributed by atoms with Crippen molar-refractivity contribution in [3.63, 3.8) is 0 Å². The Hall–Kier alpha value is -2.47. The van der Waals surface area contributed by atoms with Crippen molar-refractivity contribution in [1.29, 1.82) is 0 Å². The maximum atomic E-state index is 13.6. The van der Waals surface area contributed by atoms with Crippen molar-refractivity contribution in [2.24, 2.45) is 5.73 Å². The molecule has 0 aliphatic heterocycles. The molecule has 20 heavy (non-hydrogen) atoms. The highest BCUT2D eigenvalue weighted by Gasteiger charge is 2.12. The molecule has 6 heteroatoms. The lowest BCUT2D eigenvalue weighted by molar-refractivity contribution is -0.384. The van der Waals surface area contributed by atoms with E-state index < -0.39 is 10.7 Å². The van der Waals surface area contributed by atoms with Crippen LogP contribution in [0.2, 0.25) is 0 Å². The molecule has 0 amide bonds. The van der Waals surface area contributed by atoms with E-state index in [-0.39, 0.29) is 17.8 Å². The van der Waals surface area contributed by atoms with Crippen molar-refractivity contribution >= 4 is 5.69 Å². The van der Waals surface area contributed by atoms with Crippen LogP contribution in [0.5, 0.6) is 11.5 Å². The van der Waals surface area contributed by atoms with Crippen LogP contribution in [-0.4, -0.2) is 4.92 Å². The van der Waals surface area contributed by atoms with E-state index in [4.69, 9.17) is 10.5 Å². The predicted molar refractivity (Wildman–Crippen MR) is 72.2 cm³/mol. The van der Waals surface area contributed by atoms with Gasteiger partial charge >= 0.3 is 0 Å². The van der Waals surface area contributed by atoms with Gasteiger partial charge < -0.3 is 10.5 Å². The fourth-order valence-electron chi connectivity index (χ4n) is 1.81. The molecular formula is C14H13FN2O3. The van der Waals surface area contributed by atoms with E-state index in [1.54, 1.807) is 13.0 Å². The second-order valence-corrected chi connectivity index (χ2v) is 4.23. The van der Waals surface area contributed by atoms with Gasteiger partial charge in [0, 0.05) is 24.2 Å². The number of nitro groups is 1. The number of nitrogens with zero attached hydrogens (tertiary/aromatic N) is 1. The number of hydrogen-bond donors (Lipinski definition) is 1. The highest BCUT2D eigenvalue weighted by Crippen LogP contribution is 2.30. The van der Waals surface area contributed by atoms with Crippen LogP contribution in [-0.2, 0) is 6.54 Å². The summed E-state index contributed by atoms with van der Waals surface area (Å²) in [7, 11) is 0. The van der Waals surface area contributed by atoms with Gasteiger partial charge in [0.1, 0.15) is 17.3 Å². The number of nitrogens with two attached hydrogens (primary N) is 1. The minimum Gasteiger partial charge on any atom is -0.457 e. The Bertz CT molecular complexity index is 659. The number of aryl methyl sites for hydroxylation is 1. The van der Waals surface area contributed by atoms with E-state index in [1.165, 1.54) is 30.3 Å². The third kappa shape index (κ3) is 2.75. The molecule has 2 rings (SSSR count). The van der Waals surface area contributed by atoms with E-state index in [1.807, 2.05) is 0 Å². The standard InChI is InChI=1S/C14H13FN2O3/c1-9-7-10(17(18)19)5-6-13(9)20-14-4-2-3-12(15)11(14)8-16/h2-7H,8,16H2,1H3. The summed E-state index contributed by atoms with van der Waals surface area (Å²) in [4.78, 5) is 10.2. The van der Waals surface area contributed by atoms with Gasteiger partial charge in [-0.1, -0.05) is 6.07 Å². The number of ether oxygens (including phenoxy) is 1. The van der Waals surface area contributed by atoms with Gasteiger partial charge in [0.15, 0.2) is 0 Å². The molecule has 5 nitrogen and oxygen atoms in total. The summed E-state index contributed by atoms with van der Waals surface area (Å²) >= 11 is 0. The third-order valence-corrected chi connectivity index (χ3v) is 2.87. The Morgan fingerprint density at radius 3 is 2.65 bits per heavy atom. The second kappa shape index (κ2) is 5.66. The molecule has 0 saturated carbocycles. The van der Waals surface area contributed by atoms with E-state index in [0.717, 1.165) is 0 Å². The average Bonchev–Trinajstić information content (AvgIpc) is 2.41. The smallest absolute Gasteiger partial charge is 0.269 e. The summed E-state index contributed by atoms with van der Waals surface area (Å²) in [6.07, 6.45) is 0. The molecule has 0 heterocycles. The van der Waals surface area contributed by atoms with Crippen molar-refractivity contribution in [3.8, 4) is 11.5 Å². The molecule has 2 aromatic rings. The van der Waals surface area contributed by atoms with Crippen LogP contribution in [0, 0.1) is 22.9 Å². The summed E-state index contributed by atoms with van der Waals surface area (Å²) in [6.45, 7) is 1.69. The molecule has 0 saturated heterocycles. The first-order valence-electron chi connectivity index (χ1n) is 5.93. The van der Waals surface area contributed by atoms with E-state index in [2.05, 4.69) is 0 Å². The second-order valence-electron chi connectivity index (χ2n) is 4.23. The van der Waals surface area contributed by atoms with Gasteiger partial charge in [-0.15, -0.1) is 0 Å². The fraction of sp³-hybridized carbons (Fsp3) is 0.143. The summed E-state index contributed by atoms with van der Waals surface area (Å²) in [6, 6.07) is 8.65. The molecule has 0 bridgehead atoms. The van der Waals surface area contributed by atoms with Crippen LogP contribution in [0.4, 0.5) is 10.1 Å². The van der Waals surface area contributed by atoms with E-state index in [0.29, 0.717) is 17.1 Å². The number of rotatable bonds is 4. The first-order valence-corrected chi connectivity index (χ1v) is 5.93. The molecule has 0 atom stereocenters. The normalized spacial score (nSPS) is 10.3. The van der Waals surface area contributed by atoms with Gasteiger partial charge in [-0.2, -0.15) is 0 Å². The van der Waals surface area contributed by atoms with Crippen molar-refractivity contribution in [1.82, 2.24) is 0 Å². The topological polar surface area (TPSA) is 78.4 Å². The SMILES string of the molecule is Cc1cc([N+](=O)[O-])ccc1Oc1cccc(F)c1CN. The molecule has 0 aromatic heterocycles. The highest BCUT2D eigenvalue weighted by atomic mass is 19.1. The maximum Gasteiger partial charge on any atom is 0.269 e. The summed E-state index contributed by atoms with van der Waals surface area (Å²) in [5, 5.41) is 10.7. The zero-order chi connectivity index (χ0) is 14.7. The van der Waals surface area contributed by atoms with Crippen LogP contribution < -0.4 is 10.5 Å². The molecule has 2 N–H and O–H groups in total.